The number of ether oxygens (including phenoxy) is 2. The number of sulfonamides is 1. The summed E-state index contributed by atoms with van der Waals surface area (Å²) in [7, 11) is -3.90. The number of rotatable bonds is 8. The predicted molar refractivity (Wildman–Crippen MR) is 217 cm³/mol. The highest BCUT2D eigenvalue weighted by molar-refractivity contribution is 7.91. The van der Waals surface area contributed by atoms with E-state index in [0.29, 0.717) is 54.8 Å². The van der Waals surface area contributed by atoms with Crippen molar-refractivity contribution < 1.29 is 37.1 Å². The maximum absolute atomic E-state index is 14.7. The van der Waals surface area contributed by atoms with Gasteiger partial charge in [-0.1, -0.05) is 67.5 Å². The first kappa shape index (κ1) is 39.0. The molecule has 5 atom stereocenters. The highest BCUT2D eigenvalue weighted by Crippen LogP contribution is 2.46. The van der Waals surface area contributed by atoms with E-state index in [1.807, 2.05) is 66.7 Å². The molecule has 2 aliphatic heterocycles. The molecular formula is C43H49N7O8S. The maximum atomic E-state index is 14.7. The van der Waals surface area contributed by atoms with E-state index in [4.69, 9.17) is 19.6 Å². The first-order chi connectivity index (χ1) is 28.6. The van der Waals surface area contributed by atoms with Crippen molar-refractivity contribution in [3.8, 4) is 17.1 Å². The Morgan fingerprint density at radius 3 is 2.46 bits per heavy atom. The van der Waals surface area contributed by atoms with Crippen LogP contribution in [-0.2, 0) is 29.1 Å². The molecule has 5 unspecified atom stereocenters. The van der Waals surface area contributed by atoms with Crippen molar-refractivity contribution in [3.63, 3.8) is 0 Å². The molecule has 0 bridgehead atoms. The van der Waals surface area contributed by atoms with Crippen LogP contribution >= 0.6 is 0 Å². The molecule has 3 saturated carbocycles. The van der Waals surface area contributed by atoms with E-state index in [1.54, 1.807) is 10.6 Å². The van der Waals surface area contributed by atoms with Gasteiger partial charge in [-0.2, -0.15) is 9.61 Å². The molecule has 0 radical (unpaired) electrons. The third-order valence-corrected chi connectivity index (χ3v) is 14.1. The summed E-state index contributed by atoms with van der Waals surface area (Å²) in [6.07, 6.45) is 10.2. The number of carbonyl (C=O) groups is 4. The summed E-state index contributed by atoms with van der Waals surface area (Å²) in [5.41, 5.74) is 1.28. The summed E-state index contributed by atoms with van der Waals surface area (Å²) in [4.78, 5) is 62.8. The fraction of sp³-hybridized carbons (Fsp3) is 0.488. The van der Waals surface area contributed by atoms with E-state index in [2.05, 4.69) is 15.4 Å². The number of nitrogens with zero attached hydrogens (tertiary/aromatic N) is 4. The Hall–Kier alpha value is -5.51. The molecule has 16 heteroatoms. The number of allylic oxidation sites excluding steroid dienone is 1. The topological polar surface area (TPSA) is 190 Å². The average Bonchev–Trinajstić information content (AvgIpc) is 4.04. The number of aromatic nitrogens is 3. The van der Waals surface area contributed by atoms with Crippen LogP contribution in [-0.4, -0.2) is 93.4 Å². The molecule has 1 saturated heterocycles. The van der Waals surface area contributed by atoms with Crippen LogP contribution in [0, 0.1) is 5.92 Å². The summed E-state index contributed by atoms with van der Waals surface area (Å²) < 4.78 is 42.2. The molecule has 310 valence electrons. The van der Waals surface area contributed by atoms with Gasteiger partial charge in [0.2, 0.25) is 27.7 Å². The summed E-state index contributed by atoms with van der Waals surface area (Å²) in [5.74, 6) is -1.94. The first-order valence-corrected chi connectivity index (χ1v) is 22.5. The van der Waals surface area contributed by atoms with E-state index >= 15 is 0 Å². The van der Waals surface area contributed by atoms with Gasteiger partial charge in [-0.05, 0) is 76.3 Å². The molecule has 59 heavy (non-hydrogen) atoms. The van der Waals surface area contributed by atoms with Crippen molar-refractivity contribution >= 4 is 50.4 Å². The molecule has 5 aliphatic rings. The van der Waals surface area contributed by atoms with Crippen LogP contribution in [0.1, 0.15) is 83.5 Å². The largest absolute Gasteiger partial charge is 0.472 e. The third kappa shape index (κ3) is 8.10. The summed E-state index contributed by atoms with van der Waals surface area (Å²) in [6.45, 7) is -0.0172. The lowest BCUT2D eigenvalue weighted by molar-refractivity contribution is -0.141. The van der Waals surface area contributed by atoms with Gasteiger partial charge in [0.15, 0.2) is 5.65 Å². The highest BCUT2D eigenvalue weighted by Gasteiger charge is 2.62. The van der Waals surface area contributed by atoms with Crippen LogP contribution in [0.4, 0.5) is 4.79 Å². The van der Waals surface area contributed by atoms with Gasteiger partial charge in [-0.25, -0.2) is 18.2 Å². The Labute approximate surface area is 342 Å². The molecule has 4 amide bonds. The number of fused-ring (bicyclic) bond motifs is 5. The molecule has 9 rings (SSSR count). The minimum absolute atomic E-state index is 0.0172. The minimum Gasteiger partial charge on any atom is -0.472 e. The van der Waals surface area contributed by atoms with E-state index in [-0.39, 0.29) is 25.5 Å². The van der Waals surface area contributed by atoms with Gasteiger partial charge >= 0.3 is 6.09 Å². The van der Waals surface area contributed by atoms with Crippen molar-refractivity contribution in [2.45, 2.75) is 119 Å². The Balaban J connectivity index is 1.05. The van der Waals surface area contributed by atoms with Crippen molar-refractivity contribution in [3.05, 3.63) is 72.8 Å². The molecule has 4 fully saturated rings. The molecule has 0 spiro atoms. The van der Waals surface area contributed by atoms with Crippen molar-refractivity contribution in [1.29, 1.82) is 0 Å². The van der Waals surface area contributed by atoms with Gasteiger partial charge in [0.25, 0.3) is 5.91 Å². The van der Waals surface area contributed by atoms with E-state index in [9.17, 15) is 27.6 Å². The van der Waals surface area contributed by atoms with E-state index < -0.39 is 68.7 Å². The number of carbonyl (C=O) groups excluding carboxylic acids is 4. The van der Waals surface area contributed by atoms with Crippen LogP contribution in [0.25, 0.3) is 27.8 Å². The standard InChI is InChI=1S/C43H49N7O8S/c51-39-36-23-30(57-37-24-35(27-13-5-4-6-14-27)44-38-32-18-11-12-19-33(32)47-50(37)38)26-49(36)40(52)34(45-42(54)58-29-16-9-10-17-29)20-8-3-1-2-7-15-28-25-43(28,46-39)41(53)48-59(55,56)31-21-22-31/h4-7,11-15,18-19,24,28-31,34,36H,1-3,8-10,16-17,20-23,25-26H2,(H,45,54)(H,46,51)(H,48,53)/b15-7-. The molecular weight excluding hydrogens is 775 g/mol. The Morgan fingerprint density at radius 1 is 0.898 bits per heavy atom. The number of alkyl carbamates (subject to hydrolysis) is 1. The van der Waals surface area contributed by atoms with Gasteiger partial charge in [0.1, 0.15) is 29.8 Å². The molecule has 4 heterocycles. The summed E-state index contributed by atoms with van der Waals surface area (Å²) in [5, 5.41) is 10.7. The fourth-order valence-electron chi connectivity index (χ4n) is 8.80. The zero-order valence-corrected chi connectivity index (χ0v) is 33.6. The normalized spacial score (nSPS) is 27.2. The van der Waals surface area contributed by atoms with Crippen molar-refractivity contribution in [2.75, 3.05) is 6.54 Å². The number of benzene rings is 2. The number of hydrogen-bond acceptors (Lipinski definition) is 10. The van der Waals surface area contributed by atoms with Gasteiger partial charge in [-0.15, -0.1) is 0 Å². The zero-order chi connectivity index (χ0) is 40.7. The lowest BCUT2D eigenvalue weighted by Gasteiger charge is -2.30. The molecule has 15 nitrogen and oxygen atoms in total. The lowest BCUT2D eigenvalue weighted by Crippen LogP contribution is -2.58. The molecule has 3 N–H and O–H groups in total. The smallest absolute Gasteiger partial charge is 0.408 e. The SMILES string of the molecule is O=C(NC1CCCCC/C=C\C2CC2(C(=O)NS(=O)(=O)C2CC2)NC(=O)C2CC(Oc3cc(-c4ccccc4)nc4c5ccccc5nn34)CN2C1=O)OC1CCCC1. The predicted octanol–water partition coefficient (Wildman–Crippen LogP) is 4.94. The van der Waals surface area contributed by atoms with E-state index in [0.717, 1.165) is 49.5 Å². The van der Waals surface area contributed by atoms with Gasteiger partial charge in [0.05, 0.1) is 23.0 Å². The van der Waals surface area contributed by atoms with Crippen LogP contribution in [0.15, 0.2) is 72.8 Å². The molecule has 2 aromatic carbocycles. The Kier molecular flexibility index (Phi) is 10.5. The monoisotopic (exact) mass is 823 g/mol. The van der Waals surface area contributed by atoms with Gasteiger partial charge in [0, 0.05) is 29.4 Å². The quantitative estimate of drug-likeness (QED) is 0.205. The third-order valence-electron chi connectivity index (χ3n) is 12.3. The first-order valence-electron chi connectivity index (χ1n) is 20.9. The molecule has 2 aromatic heterocycles. The maximum Gasteiger partial charge on any atom is 0.408 e. The van der Waals surface area contributed by atoms with Crippen LogP contribution < -0.4 is 20.1 Å². The lowest BCUT2D eigenvalue weighted by atomic mass is 10.0. The Morgan fingerprint density at radius 2 is 1.66 bits per heavy atom. The van der Waals surface area contributed by atoms with Crippen molar-refractivity contribution in [2.24, 2.45) is 5.92 Å². The second kappa shape index (κ2) is 15.9. The minimum atomic E-state index is -3.90. The summed E-state index contributed by atoms with van der Waals surface area (Å²) >= 11 is 0. The Bertz CT molecular complexity index is 2410. The van der Waals surface area contributed by atoms with Crippen molar-refractivity contribution in [1.82, 2.24) is 34.9 Å². The fourth-order valence-corrected chi connectivity index (χ4v) is 10.2. The molecule has 4 aromatic rings. The second-order valence-electron chi connectivity index (χ2n) is 16.6. The second-order valence-corrected chi connectivity index (χ2v) is 18.6. The van der Waals surface area contributed by atoms with Crippen LogP contribution in [0.2, 0.25) is 0 Å². The number of hydrogen-bond donors (Lipinski definition) is 3. The van der Waals surface area contributed by atoms with E-state index in [1.165, 1.54) is 4.90 Å². The van der Waals surface area contributed by atoms with Gasteiger partial charge < -0.3 is 25.0 Å². The summed E-state index contributed by atoms with van der Waals surface area (Å²) in [6, 6.07) is 17.0. The zero-order valence-electron chi connectivity index (χ0n) is 32.8. The van der Waals surface area contributed by atoms with Crippen LogP contribution in [0.5, 0.6) is 5.88 Å². The van der Waals surface area contributed by atoms with Crippen LogP contribution in [0.3, 0.4) is 0 Å². The molecule has 3 aliphatic carbocycles. The van der Waals surface area contributed by atoms with Gasteiger partial charge in [-0.3, -0.25) is 19.1 Å². The highest BCUT2D eigenvalue weighted by atomic mass is 32.2. The number of nitrogens with one attached hydrogen (secondary N) is 3. The average molecular weight is 824 g/mol. The number of amides is 4.